The van der Waals surface area contributed by atoms with Gasteiger partial charge in [-0.1, -0.05) is 20.8 Å². The molecular formula is C20H30FN3O4. The van der Waals surface area contributed by atoms with Gasteiger partial charge < -0.3 is 11.1 Å². The lowest BCUT2D eigenvalue weighted by Gasteiger charge is -2.15. The number of hydrogen-bond donors (Lipinski definition) is 3. The van der Waals surface area contributed by atoms with Crippen LogP contribution >= 0.6 is 0 Å². The molecule has 0 radical (unpaired) electrons. The van der Waals surface area contributed by atoms with Crippen LogP contribution in [0, 0.1) is 11.7 Å². The fraction of sp³-hybridized carbons (Fsp3) is 0.500. The Hall–Kier alpha value is -2.61. The molecule has 0 aromatic heterocycles. The highest BCUT2D eigenvalue weighted by atomic mass is 19.1. The van der Waals surface area contributed by atoms with Crippen molar-refractivity contribution >= 4 is 29.1 Å². The second-order valence-corrected chi connectivity index (χ2v) is 6.06. The molecule has 1 saturated heterocycles. The first-order valence-corrected chi connectivity index (χ1v) is 9.30. The molecule has 156 valence electrons. The largest absolute Gasteiger partial charge is 0.381 e. The van der Waals surface area contributed by atoms with Crippen LogP contribution in [0.5, 0.6) is 0 Å². The maximum Gasteiger partial charge on any atom is 0.229 e. The number of nitrogens with two attached hydrogens (primary N) is 1. The Bertz CT molecular complexity index is 720. The van der Waals surface area contributed by atoms with E-state index in [1.807, 2.05) is 20.8 Å². The average molecular weight is 395 g/mol. The summed E-state index contributed by atoms with van der Waals surface area (Å²) in [6, 6.07) is 2.43. The number of benzene rings is 1. The molecule has 8 heteroatoms. The fourth-order valence-corrected chi connectivity index (χ4v) is 2.30. The molecule has 2 rings (SSSR count). The van der Waals surface area contributed by atoms with Gasteiger partial charge in [0.15, 0.2) is 11.6 Å². The van der Waals surface area contributed by atoms with E-state index < -0.39 is 5.82 Å². The Morgan fingerprint density at radius 1 is 1.18 bits per heavy atom. The quantitative estimate of drug-likeness (QED) is 0.521. The summed E-state index contributed by atoms with van der Waals surface area (Å²) in [4.78, 5) is 43.8. The molecule has 28 heavy (non-hydrogen) atoms. The van der Waals surface area contributed by atoms with E-state index in [-0.39, 0.29) is 46.1 Å². The summed E-state index contributed by atoms with van der Waals surface area (Å²) >= 11 is 0. The van der Waals surface area contributed by atoms with E-state index in [0.717, 1.165) is 6.07 Å². The number of Topliss-reactive ketones (excluding diaryl/α,β-unsaturated/α-hetero) is 2. The summed E-state index contributed by atoms with van der Waals surface area (Å²) in [5, 5.41) is 5.01. The van der Waals surface area contributed by atoms with Gasteiger partial charge in [0.05, 0.1) is 5.69 Å². The van der Waals surface area contributed by atoms with Crippen molar-refractivity contribution in [3.05, 3.63) is 29.1 Å². The van der Waals surface area contributed by atoms with Gasteiger partial charge in [-0.2, -0.15) is 0 Å². The third kappa shape index (κ3) is 7.96. The SMILES string of the molecule is CC.CC(=O)c1cc(F)c(NCCN)cc1C(C)=O.CC1CCC(=O)NC1=O. The number of rotatable bonds is 5. The van der Waals surface area contributed by atoms with Gasteiger partial charge in [-0.15, -0.1) is 0 Å². The third-order valence-corrected chi connectivity index (χ3v) is 3.84. The Morgan fingerprint density at radius 3 is 2.14 bits per heavy atom. The molecule has 1 fully saturated rings. The van der Waals surface area contributed by atoms with Crippen molar-refractivity contribution in [3.63, 3.8) is 0 Å². The van der Waals surface area contributed by atoms with Crippen LogP contribution in [0.1, 0.15) is 68.2 Å². The number of imide groups is 1. The number of amides is 2. The van der Waals surface area contributed by atoms with Gasteiger partial charge in [0.1, 0.15) is 5.82 Å². The Balaban J connectivity index is 0.000000556. The maximum atomic E-state index is 13.6. The van der Waals surface area contributed by atoms with Crippen LogP contribution < -0.4 is 16.4 Å². The number of piperidine rings is 1. The predicted molar refractivity (Wildman–Crippen MR) is 107 cm³/mol. The molecule has 1 atom stereocenters. The lowest BCUT2D eigenvalue weighted by molar-refractivity contribution is -0.135. The summed E-state index contributed by atoms with van der Waals surface area (Å²) in [6.45, 7) is 9.21. The minimum atomic E-state index is -0.561. The molecule has 1 aromatic carbocycles. The van der Waals surface area contributed by atoms with Crippen molar-refractivity contribution in [2.75, 3.05) is 18.4 Å². The van der Waals surface area contributed by atoms with Gasteiger partial charge in [0.25, 0.3) is 0 Å². The number of carbonyl (C=O) groups excluding carboxylic acids is 4. The second-order valence-electron chi connectivity index (χ2n) is 6.06. The first-order chi connectivity index (χ1) is 13.2. The first kappa shape index (κ1) is 25.4. The molecule has 1 aliphatic rings. The average Bonchev–Trinajstić information content (AvgIpc) is 2.65. The van der Waals surface area contributed by atoms with E-state index in [9.17, 15) is 23.6 Å². The Morgan fingerprint density at radius 2 is 1.71 bits per heavy atom. The topological polar surface area (TPSA) is 118 Å². The van der Waals surface area contributed by atoms with Crippen molar-refractivity contribution in [3.8, 4) is 0 Å². The van der Waals surface area contributed by atoms with Gasteiger partial charge in [0, 0.05) is 36.6 Å². The van der Waals surface area contributed by atoms with Crippen LogP contribution in [-0.2, 0) is 9.59 Å². The lowest BCUT2D eigenvalue weighted by Crippen LogP contribution is -2.39. The van der Waals surface area contributed by atoms with E-state index in [0.29, 0.717) is 25.9 Å². The highest BCUT2D eigenvalue weighted by Crippen LogP contribution is 2.21. The summed E-state index contributed by atoms with van der Waals surface area (Å²) < 4.78 is 13.6. The summed E-state index contributed by atoms with van der Waals surface area (Å²) in [5.74, 6) is -1.42. The molecule has 7 nitrogen and oxygen atoms in total. The molecule has 0 saturated carbocycles. The Labute approximate surface area is 165 Å². The van der Waals surface area contributed by atoms with Crippen molar-refractivity contribution in [1.82, 2.24) is 5.32 Å². The first-order valence-electron chi connectivity index (χ1n) is 9.30. The number of nitrogens with one attached hydrogen (secondary N) is 2. The van der Waals surface area contributed by atoms with Gasteiger partial charge in [-0.05, 0) is 32.4 Å². The number of carbonyl (C=O) groups is 4. The molecule has 1 aliphatic heterocycles. The van der Waals surface area contributed by atoms with Crippen LogP contribution in [0.25, 0.3) is 0 Å². The minimum absolute atomic E-state index is 0.0164. The van der Waals surface area contributed by atoms with E-state index in [2.05, 4.69) is 10.6 Å². The molecule has 0 bridgehead atoms. The van der Waals surface area contributed by atoms with E-state index >= 15 is 0 Å². The van der Waals surface area contributed by atoms with Gasteiger partial charge in [-0.3, -0.25) is 24.5 Å². The van der Waals surface area contributed by atoms with Crippen molar-refractivity contribution in [2.24, 2.45) is 11.7 Å². The summed E-state index contributed by atoms with van der Waals surface area (Å²) in [5.41, 5.74) is 5.81. The molecule has 1 unspecified atom stereocenters. The molecule has 1 heterocycles. The number of anilines is 1. The molecule has 0 aliphatic carbocycles. The molecular weight excluding hydrogens is 365 g/mol. The molecule has 2 amide bonds. The third-order valence-electron chi connectivity index (χ3n) is 3.84. The van der Waals surface area contributed by atoms with Gasteiger partial charge in [-0.25, -0.2) is 4.39 Å². The fourth-order valence-electron chi connectivity index (χ4n) is 2.30. The highest BCUT2D eigenvalue weighted by Gasteiger charge is 2.21. The molecule has 4 N–H and O–H groups in total. The zero-order valence-corrected chi connectivity index (χ0v) is 17.1. The van der Waals surface area contributed by atoms with Crippen LogP contribution in [0.4, 0.5) is 10.1 Å². The van der Waals surface area contributed by atoms with Crippen molar-refractivity contribution < 1.29 is 23.6 Å². The number of ketones is 2. The number of hydrogen-bond acceptors (Lipinski definition) is 6. The standard InChI is InChI=1S/C12H15FN2O2.C6H9NO2.C2H6/c1-7(16)9-5-11(13)12(15-4-3-14)6-10(9)8(2)17;1-4-2-3-5(8)7-6(4)9;1-2/h5-6,15H,3-4,14H2,1-2H3;4H,2-3H2,1H3,(H,7,8,9);1-2H3. The monoisotopic (exact) mass is 395 g/mol. The van der Waals surface area contributed by atoms with Crippen LogP contribution in [0.3, 0.4) is 0 Å². The minimum Gasteiger partial charge on any atom is -0.381 e. The van der Waals surface area contributed by atoms with Crippen LogP contribution in [-0.4, -0.2) is 36.5 Å². The van der Waals surface area contributed by atoms with Crippen molar-refractivity contribution in [1.29, 1.82) is 0 Å². The van der Waals surface area contributed by atoms with E-state index in [4.69, 9.17) is 5.73 Å². The van der Waals surface area contributed by atoms with Crippen LogP contribution in [0.2, 0.25) is 0 Å². The Kier molecular flexibility index (Phi) is 11.5. The molecule has 1 aromatic rings. The highest BCUT2D eigenvalue weighted by molar-refractivity contribution is 6.07. The van der Waals surface area contributed by atoms with Gasteiger partial charge >= 0.3 is 0 Å². The normalized spacial score (nSPS) is 15.3. The zero-order chi connectivity index (χ0) is 21.9. The van der Waals surface area contributed by atoms with E-state index in [1.54, 1.807) is 0 Å². The summed E-state index contributed by atoms with van der Waals surface area (Å²) in [6.07, 6.45) is 1.19. The van der Waals surface area contributed by atoms with Gasteiger partial charge in [0.2, 0.25) is 11.8 Å². The number of halogens is 1. The lowest BCUT2D eigenvalue weighted by atomic mass is 10.00. The zero-order valence-electron chi connectivity index (χ0n) is 17.1. The van der Waals surface area contributed by atoms with E-state index in [1.165, 1.54) is 19.9 Å². The second kappa shape index (κ2) is 12.7. The maximum absolute atomic E-state index is 13.6. The molecule has 0 spiro atoms. The smallest absolute Gasteiger partial charge is 0.229 e. The van der Waals surface area contributed by atoms with Crippen molar-refractivity contribution in [2.45, 2.75) is 47.5 Å². The van der Waals surface area contributed by atoms with Crippen LogP contribution in [0.15, 0.2) is 12.1 Å². The summed E-state index contributed by atoms with van der Waals surface area (Å²) in [7, 11) is 0. The predicted octanol–water partition coefficient (Wildman–Crippen LogP) is 2.69.